The van der Waals surface area contributed by atoms with Gasteiger partial charge in [0.25, 0.3) is 0 Å². The Morgan fingerprint density at radius 3 is 2.30 bits per heavy atom. The second kappa shape index (κ2) is 13.2. The van der Waals surface area contributed by atoms with Gasteiger partial charge in [0.15, 0.2) is 0 Å². The molecule has 1 fully saturated rings. The van der Waals surface area contributed by atoms with Crippen LogP contribution in [0.25, 0.3) is 0 Å². The molecule has 2 aliphatic heterocycles. The number of fused-ring (bicyclic) bond motifs is 1. The summed E-state index contributed by atoms with van der Waals surface area (Å²) in [5.41, 5.74) is 3.21. The Morgan fingerprint density at radius 1 is 0.865 bits per heavy atom. The molecule has 1 saturated heterocycles. The van der Waals surface area contributed by atoms with Crippen molar-refractivity contribution in [3.8, 4) is 0 Å². The minimum absolute atomic E-state index is 0.0876. The van der Waals surface area contributed by atoms with E-state index in [0.717, 1.165) is 69.7 Å². The predicted molar refractivity (Wildman–Crippen MR) is 151 cm³/mol. The summed E-state index contributed by atoms with van der Waals surface area (Å²) in [6.07, 6.45) is 3.96. The molecular formula is C31H44N4O2. The van der Waals surface area contributed by atoms with E-state index < -0.39 is 0 Å². The zero-order valence-electron chi connectivity index (χ0n) is 22.9. The molecule has 37 heavy (non-hydrogen) atoms. The number of hydrogen-bond acceptors (Lipinski definition) is 4. The second-order valence-corrected chi connectivity index (χ2v) is 11.0. The van der Waals surface area contributed by atoms with Gasteiger partial charge in [-0.3, -0.25) is 14.5 Å². The summed E-state index contributed by atoms with van der Waals surface area (Å²) in [4.78, 5) is 36.2. The van der Waals surface area contributed by atoms with Crippen molar-refractivity contribution in [1.82, 2.24) is 14.7 Å². The molecule has 0 aliphatic carbocycles. The number of hydrogen-bond donors (Lipinski definition) is 0. The van der Waals surface area contributed by atoms with Gasteiger partial charge < -0.3 is 14.7 Å². The summed E-state index contributed by atoms with van der Waals surface area (Å²) in [6, 6.07) is 18.8. The molecule has 0 atom stereocenters. The minimum Gasteiger partial charge on any atom is -0.337 e. The van der Waals surface area contributed by atoms with Gasteiger partial charge in [0.2, 0.25) is 11.8 Å². The SMILES string of the molecule is CC(C)N1CCCN(C(=O)CCc2ccccc2)c2ccccc2CN(C(=O)C2CCN(C)CC2)CC1. The van der Waals surface area contributed by atoms with Crippen molar-refractivity contribution < 1.29 is 9.59 Å². The predicted octanol–water partition coefficient (Wildman–Crippen LogP) is 4.44. The molecule has 2 amide bonds. The standard InChI is InChI=1S/C31H44N4O2/c1-25(2)33-18-9-19-35(30(36)15-14-26-10-5-4-6-11-26)29-13-8-7-12-28(29)24-34(23-22-33)31(37)27-16-20-32(3)21-17-27/h4-8,10-13,25,27H,9,14-24H2,1-3H3. The van der Waals surface area contributed by atoms with Gasteiger partial charge in [0.1, 0.15) is 0 Å². The van der Waals surface area contributed by atoms with E-state index >= 15 is 0 Å². The summed E-state index contributed by atoms with van der Waals surface area (Å²) < 4.78 is 0. The van der Waals surface area contributed by atoms with Crippen molar-refractivity contribution in [2.45, 2.75) is 58.5 Å². The number of nitrogens with zero attached hydrogens (tertiary/aromatic N) is 4. The van der Waals surface area contributed by atoms with Crippen LogP contribution >= 0.6 is 0 Å². The minimum atomic E-state index is 0.0876. The van der Waals surface area contributed by atoms with Crippen LogP contribution in [-0.2, 0) is 22.6 Å². The molecule has 0 unspecified atom stereocenters. The molecule has 2 aliphatic rings. The summed E-state index contributed by atoms with van der Waals surface area (Å²) >= 11 is 0. The number of carbonyl (C=O) groups is 2. The Bertz CT molecular complexity index is 1020. The Morgan fingerprint density at radius 2 is 1.57 bits per heavy atom. The van der Waals surface area contributed by atoms with Crippen LogP contribution in [0, 0.1) is 5.92 Å². The number of anilines is 1. The number of aryl methyl sites for hydroxylation is 1. The van der Waals surface area contributed by atoms with Crippen molar-refractivity contribution in [1.29, 1.82) is 0 Å². The van der Waals surface area contributed by atoms with Gasteiger partial charge in [-0.1, -0.05) is 48.5 Å². The molecule has 200 valence electrons. The van der Waals surface area contributed by atoms with Crippen LogP contribution in [0.2, 0.25) is 0 Å². The molecule has 0 radical (unpaired) electrons. The number of carbonyl (C=O) groups excluding carboxylic acids is 2. The van der Waals surface area contributed by atoms with Gasteiger partial charge in [0, 0.05) is 56.8 Å². The van der Waals surface area contributed by atoms with Crippen molar-refractivity contribution >= 4 is 17.5 Å². The van der Waals surface area contributed by atoms with E-state index in [4.69, 9.17) is 0 Å². The van der Waals surface area contributed by atoms with Crippen LogP contribution in [0.1, 0.15) is 50.7 Å². The Hall–Kier alpha value is -2.70. The van der Waals surface area contributed by atoms with Crippen molar-refractivity contribution in [3.05, 3.63) is 65.7 Å². The smallest absolute Gasteiger partial charge is 0.227 e. The summed E-state index contributed by atoms with van der Waals surface area (Å²) in [5, 5.41) is 0. The van der Waals surface area contributed by atoms with E-state index in [9.17, 15) is 9.59 Å². The first-order chi connectivity index (χ1) is 17.9. The van der Waals surface area contributed by atoms with E-state index in [2.05, 4.69) is 59.9 Å². The largest absolute Gasteiger partial charge is 0.337 e. The van der Waals surface area contributed by atoms with Crippen LogP contribution in [0.3, 0.4) is 0 Å². The molecule has 0 bridgehead atoms. The second-order valence-electron chi connectivity index (χ2n) is 11.0. The van der Waals surface area contributed by atoms with E-state index in [0.29, 0.717) is 25.6 Å². The molecule has 2 heterocycles. The van der Waals surface area contributed by atoms with Gasteiger partial charge in [0.05, 0.1) is 0 Å². The molecule has 0 saturated carbocycles. The number of rotatable bonds is 5. The van der Waals surface area contributed by atoms with Crippen molar-refractivity contribution in [3.63, 3.8) is 0 Å². The maximum atomic E-state index is 13.8. The van der Waals surface area contributed by atoms with Crippen molar-refractivity contribution in [2.75, 3.05) is 51.2 Å². The van der Waals surface area contributed by atoms with E-state index in [1.807, 2.05) is 35.2 Å². The van der Waals surface area contributed by atoms with E-state index in [-0.39, 0.29) is 17.7 Å². The highest BCUT2D eigenvalue weighted by molar-refractivity contribution is 5.94. The molecule has 2 aromatic carbocycles. The maximum absolute atomic E-state index is 13.8. The first-order valence-electron chi connectivity index (χ1n) is 14.1. The lowest BCUT2D eigenvalue weighted by atomic mass is 9.95. The van der Waals surface area contributed by atoms with Gasteiger partial charge in [-0.25, -0.2) is 0 Å². The monoisotopic (exact) mass is 504 g/mol. The zero-order chi connectivity index (χ0) is 26.2. The summed E-state index contributed by atoms with van der Waals surface area (Å²) in [7, 11) is 2.13. The fourth-order valence-corrected chi connectivity index (χ4v) is 5.61. The Balaban J connectivity index is 1.59. The zero-order valence-corrected chi connectivity index (χ0v) is 22.9. The molecule has 4 rings (SSSR count). The highest BCUT2D eigenvalue weighted by Gasteiger charge is 2.30. The number of amides is 2. The first kappa shape index (κ1) is 27.3. The molecule has 2 aromatic rings. The highest BCUT2D eigenvalue weighted by atomic mass is 16.2. The van der Waals surface area contributed by atoms with E-state index in [1.165, 1.54) is 5.56 Å². The average Bonchev–Trinajstić information content (AvgIpc) is 2.95. The number of likely N-dealkylation sites (tertiary alicyclic amines) is 1. The Kier molecular flexibility index (Phi) is 9.75. The topological polar surface area (TPSA) is 47.1 Å². The Labute approximate surface area is 223 Å². The molecular weight excluding hydrogens is 460 g/mol. The van der Waals surface area contributed by atoms with Gasteiger partial charge in [-0.05, 0) is 76.9 Å². The van der Waals surface area contributed by atoms with Gasteiger partial charge in [-0.15, -0.1) is 0 Å². The van der Waals surface area contributed by atoms with Gasteiger partial charge >= 0.3 is 0 Å². The summed E-state index contributed by atoms with van der Waals surface area (Å²) in [6.45, 7) is 10.1. The van der Waals surface area contributed by atoms with E-state index in [1.54, 1.807) is 0 Å². The fraction of sp³-hybridized carbons (Fsp3) is 0.548. The fourth-order valence-electron chi connectivity index (χ4n) is 5.61. The third kappa shape index (κ3) is 7.42. The molecule has 0 N–H and O–H groups in total. The summed E-state index contributed by atoms with van der Waals surface area (Å²) in [5.74, 6) is 0.511. The van der Waals surface area contributed by atoms with Crippen LogP contribution in [0.4, 0.5) is 5.69 Å². The third-order valence-electron chi connectivity index (χ3n) is 8.01. The highest BCUT2D eigenvalue weighted by Crippen LogP contribution is 2.27. The number of benzene rings is 2. The molecule has 6 nitrogen and oxygen atoms in total. The van der Waals surface area contributed by atoms with Gasteiger partial charge in [-0.2, -0.15) is 0 Å². The molecule has 0 aromatic heterocycles. The number of piperidine rings is 1. The van der Waals surface area contributed by atoms with Crippen LogP contribution in [0.5, 0.6) is 0 Å². The lowest BCUT2D eigenvalue weighted by Gasteiger charge is -2.34. The lowest BCUT2D eigenvalue weighted by molar-refractivity contribution is -0.138. The maximum Gasteiger partial charge on any atom is 0.227 e. The molecule has 0 spiro atoms. The first-order valence-corrected chi connectivity index (χ1v) is 14.1. The van der Waals surface area contributed by atoms with Crippen molar-refractivity contribution in [2.24, 2.45) is 5.92 Å². The molecule has 6 heteroatoms. The quantitative estimate of drug-likeness (QED) is 0.604. The van der Waals surface area contributed by atoms with Crippen LogP contribution in [-0.4, -0.2) is 78.9 Å². The lowest BCUT2D eigenvalue weighted by Crippen LogP contribution is -2.45. The normalized spacial score (nSPS) is 18.9. The third-order valence-corrected chi connectivity index (χ3v) is 8.01. The van der Waals surface area contributed by atoms with Crippen LogP contribution in [0.15, 0.2) is 54.6 Å². The number of para-hydroxylation sites is 1. The van der Waals surface area contributed by atoms with Crippen LogP contribution < -0.4 is 4.90 Å². The average molecular weight is 505 g/mol.